The highest BCUT2D eigenvalue weighted by Crippen LogP contribution is 2.18. The number of nitrogens with zero attached hydrogens (tertiary/aromatic N) is 2. The summed E-state index contributed by atoms with van der Waals surface area (Å²) >= 11 is 7.37. The van der Waals surface area contributed by atoms with E-state index in [9.17, 15) is 0 Å². The van der Waals surface area contributed by atoms with E-state index in [1.54, 1.807) is 0 Å². The predicted molar refractivity (Wildman–Crippen MR) is 80.9 cm³/mol. The maximum Gasteiger partial charge on any atom is 0.0822 e. The first-order valence-electron chi connectivity index (χ1n) is 5.19. The lowest BCUT2D eigenvalue weighted by Gasteiger charge is -2.15. The van der Waals surface area contributed by atoms with Gasteiger partial charge in [0.2, 0.25) is 0 Å². The summed E-state index contributed by atoms with van der Waals surface area (Å²) in [6.45, 7) is 0.683. The highest BCUT2D eigenvalue weighted by molar-refractivity contribution is 14.1. The zero-order valence-corrected chi connectivity index (χ0v) is 12.1. The Morgan fingerprint density at radius 1 is 1.41 bits per heavy atom. The maximum absolute atomic E-state index is 5.81. The van der Waals surface area contributed by atoms with E-state index in [-0.39, 0.29) is 5.92 Å². The zero-order chi connectivity index (χ0) is 12.3. The van der Waals surface area contributed by atoms with E-state index >= 15 is 0 Å². The molecule has 0 aliphatic carbocycles. The van der Waals surface area contributed by atoms with Gasteiger partial charge in [-0.3, -0.25) is 4.68 Å². The SMILES string of the molecule is NC(=S)C(Cn1cc(I)cn1)c1ccccc1. The summed E-state index contributed by atoms with van der Waals surface area (Å²) in [6, 6.07) is 10.1. The second kappa shape index (κ2) is 5.59. The molecule has 0 aliphatic rings. The molecule has 5 heteroatoms. The van der Waals surface area contributed by atoms with Crippen molar-refractivity contribution in [3.63, 3.8) is 0 Å². The number of thiocarbonyl (C=S) groups is 1. The molecule has 1 atom stereocenters. The summed E-state index contributed by atoms with van der Waals surface area (Å²) in [5.74, 6) is 0.0295. The van der Waals surface area contributed by atoms with E-state index in [1.165, 1.54) is 0 Å². The average molecular weight is 357 g/mol. The third kappa shape index (κ3) is 3.26. The molecule has 0 spiro atoms. The summed E-state index contributed by atoms with van der Waals surface area (Å²) in [5.41, 5.74) is 6.94. The van der Waals surface area contributed by atoms with Gasteiger partial charge in [-0.25, -0.2) is 0 Å². The van der Waals surface area contributed by atoms with Crippen LogP contribution in [0.3, 0.4) is 0 Å². The molecule has 0 amide bonds. The molecule has 1 aromatic heterocycles. The van der Waals surface area contributed by atoms with Gasteiger partial charge in [0.05, 0.1) is 27.2 Å². The molecule has 0 saturated carbocycles. The molecule has 0 aliphatic heterocycles. The van der Waals surface area contributed by atoms with Crippen molar-refractivity contribution in [3.8, 4) is 0 Å². The minimum absolute atomic E-state index is 0.0295. The summed E-state index contributed by atoms with van der Waals surface area (Å²) in [4.78, 5) is 0.502. The Hall–Kier alpha value is -0.950. The number of aromatic nitrogens is 2. The topological polar surface area (TPSA) is 43.8 Å². The number of benzene rings is 1. The molecule has 2 N–H and O–H groups in total. The molecule has 3 nitrogen and oxygen atoms in total. The molecular formula is C12H12IN3S. The lowest BCUT2D eigenvalue weighted by atomic mass is 9.99. The summed E-state index contributed by atoms with van der Waals surface area (Å²) < 4.78 is 2.98. The number of hydrogen-bond donors (Lipinski definition) is 1. The van der Waals surface area contributed by atoms with Crippen molar-refractivity contribution in [1.82, 2.24) is 9.78 Å². The van der Waals surface area contributed by atoms with Gasteiger partial charge in [-0.15, -0.1) is 0 Å². The monoisotopic (exact) mass is 357 g/mol. The molecular weight excluding hydrogens is 345 g/mol. The Labute approximate surface area is 119 Å². The lowest BCUT2D eigenvalue weighted by molar-refractivity contribution is 0.589. The van der Waals surface area contributed by atoms with Crippen LogP contribution in [0.25, 0.3) is 0 Å². The van der Waals surface area contributed by atoms with Crippen LogP contribution in [-0.2, 0) is 6.54 Å². The van der Waals surface area contributed by atoms with Crippen molar-refractivity contribution < 1.29 is 0 Å². The molecule has 17 heavy (non-hydrogen) atoms. The van der Waals surface area contributed by atoms with Gasteiger partial charge in [0.25, 0.3) is 0 Å². The van der Waals surface area contributed by atoms with Gasteiger partial charge in [-0.2, -0.15) is 5.10 Å². The molecule has 0 saturated heterocycles. The molecule has 1 aromatic carbocycles. The summed E-state index contributed by atoms with van der Waals surface area (Å²) in [7, 11) is 0. The first kappa shape index (κ1) is 12.5. The molecule has 1 heterocycles. The second-order valence-corrected chi connectivity index (χ2v) is 5.46. The molecule has 0 fully saturated rings. The number of halogens is 1. The average Bonchev–Trinajstić information content (AvgIpc) is 2.73. The molecule has 1 unspecified atom stereocenters. The fraction of sp³-hybridized carbons (Fsp3) is 0.167. The first-order valence-corrected chi connectivity index (χ1v) is 6.68. The van der Waals surface area contributed by atoms with E-state index in [0.29, 0.717) is 11.5 Å². The van der Waals surface area contributed by atoms with Crippen LogP contribution in [0.1, 0.15) is 11.5 Å². The zero-order valence-electron chi connectivity index (χ0n) is 9.08. The minimum Gasteiger partial charge on any atom is -0.393 e. The van der Waals surface area contributed by atoms with Crippen LogP contribution in [0.4, 0.5) is 0 Å². The highest BCUT2D eigenvalue weighted by Gasteiger charge is 2.15. The second-order valence-electron chi connectivity index (χ2n) is 3.75. The van der Waals surface area contributed by atoms with Crippen molar-refractivity contribution in [1.29, 1.82) is 0 Å². The van der Waals surface area contributed by atoms with E-state index in [1.807, 2.05) is 47.4 Å². The quantitative estimate of drug-likeness (QED) is 0.676. The van der Waals surface area contributed by atoms with Gasteiger partial charge < -0.3 is 5.73 Å². The largest absolute Gasteiger partial charge is 0.393 e. The fourth-order valence-electron chi connectivity index (χ4n) is 1.67. The fourth-order valence-corrected chi connectivity index (χ4v) is 2.33. The third-order valence-electron chi connectivity index (χ3n) is 2.52. The highest BCUT2D eigenvalue weighted by atomic mass is 127. The van der Waals surface area contributed by atoms with E-state index < -0.39 is 0 Å². The minimum atomic E-state index is 0.0295. The van der Waals surface area contributed by atoms with Gasteiger partial charge in [-0.05, 0) is 28.2 Å². The Kier molecular flexibility index (Phi) is 4.11. The number of rotatable bonds is 4. The Morgan fingerprint density at radius 2 is 2.12 bits per heavy atom. The lowest BCUT2D eigenvalue weighted by Crippen LogP contribution is -2.24. The number of hydrogen-bond acceptors (Lipinski definition) is 2. The van der Waals surface area contributed by atoms with Crippen molar-refractivity contribution in [2.45, 2.75) is 12.5 Å². The van der Waals surface area contributed by atoms with Gasteiger partial charge in [0, 0.05) is 6.20 Å². The summed E-state index contributed by atoms with van der Waals surface area (Å²) in [5, 5.41) is 4.26. The first-order chi connectivity index (χ1) is 8.16. The van der Waals surface area contributed by atoms with Crippen molar-refractivity contribution in [2.24, 2.45) is 5.73 Å². The van der Waals surface area contributed by atoms with Gasteiger partial charge in [0.15, 0.2) is 0 Å². The van der Waals surface area contributed by atoms with E-state index in [4.69, 9.17) is 18.0 Å². The van der Waals surface area contributed by atoms with Crippen molar-refractivity contribution in [3.05, 3.63) is 51.9 Å². The van der Waals surface area contributed by atoms with Crippen molar-refractivity contribution in [2.75, 3.05) is 0 Å². The smallest absolute Gasteiger partial charge is 0.0822 e. The van der Waals surface area contributed by atoms with Crippen LogP contribution in [0, 0.1) is 3.57 Å². The van der Waals surface area contributed by atoms with Gasteiger partial charge >= 0.3 is 0 Å². The third-order valence-corrected chi connectivity index (χ3v) is 3.36. The van der Waals surface area contributed by atoms with Crippen molar-refractivity contribution >= 4 is 39.8 Å². The maximum atomic E-state index is 5.81. The molecule has 2 aromatic rings. The standard InChI is InChI=1S/C12H12IN3S/c13-10-6-15-16(7-10)8-11(12(14)17)9-4-2-1-3-5-9/h1-7,11H,8H2,(H2,14,17). The van der Waals surface area contributed by atoms with Gasteiger partial charge in [-0.1, -0.05) is 42.5 Å². The van der Waals surface area contributed by atoms with Gasteiger partial charge in [0.1, 0.15) is 0 Å². The Morgan fingerprint density at radius 3 is 2.65 bits per heavy atom. The Balaban J connectivity index is 2.22. The van der Waals surface area contributed by atoms with Crippen LogP contribution >= 0.6 is 34.8 Å². The molecule has 0 bridgehead atoms. The molecule has 88 valence electrons. The van der Waals surface area contributed by atoms with Crippen LogP contribution in [0.5, 0.6) is 0 Å². The van der Waals surface area contributed by atoms with E-state index in [2.05, 4.69) is 27.7 Å². The molecule has 2 rings (SSSR count). The number of nitrogens with two attached hydrogens (primary N) is 1. The Bertz CT molecular complexity index is 509. The van der Waals surface area contributed by atoms with Crippen LogP contribution in [0.2, 0.25) is 0 Å². The predicted octanol–water partition coefficient (Wildman–Crippen LogP) is 2.56. The van der Waals surface area contributed by atoms with Crippen LogP contribution in [-0.4, -0.2) is 14.8 Å². The van der Waals surface area contributed by atoms with E-state index in [0.717, 1.165) is 9.13 Å². The van der Waals surface area contributed by atoms with Crippen LogP contribution in [0.15, 0.2) is 42.7 Å². The van der Waals surface area contributed by atoms with Crippen LogP contribution < -0.4 is 5.73 Å². The molecule has 0 radical (unpaired) electrons. The summed E-state index contributed by atoms with van der Waals surface area (Å²) in [6.07, 6.45) is 3.80. The normalized spacial score (nSPS) is 12.3.